The van der Waals surface area contributed by atoms with E-state index in [0.29, 0.717) is 5.75 Å². The second-order valence-corrected chi connectivity index (χ2v) is 4.08. The fourth-order valence-electron chi connectivity index (χ4n) is 1.60. The molecule has 19 heavy (non-hydrogen) atoms. The highest BCUT2D eigenvalue weighted by Gasteiger charge is 2.12. The Morgan fingerprint density at radius 1 is 1.32 bits per heavy atom. The van der Waals surface area contributed by atoms with E-state index < -0.39 is 5.97 Å². The molecule has 1 aliphatic rings. The van der Waals surface area contributed by atoms with Crippen molar-refractivity contribution in [3.05, 3.63) is 29.8 Å². The highest BCUT2D eigenvalue weighted by Crippen LogP contribution is 2.32. The van der Waals surface area contributed by atoms with Crippen LogP contribution >= 0.6 is 0 Å². The average Bonchev–Trinajstić information content (AvgIpc) is 2.81. The molecule has 5 nitrogen and oxygen atoms in total. The van der Waals surface area contributed by atoms with Crippen LogP contribution in [-0.2, 0) is 14.3 Å². The van der Waals surface area contributed by atoms with E-state index in [1.54, 1.807) is 6.08 Å². The quantitative estimate of drug-likeness (QED) is 0.599. The van der Waals surface area contributed by atoms with Gasteiger partial charge in [0, 0.05) is 0 Å². The summed E-state index contributed by atoms with van der Waals surface area (Å²) in [6.07, 6.45) is 3.33. The minimum atomic E-state index is -0.511. The number of carbonyl (C=O) groups is 2. The summed E-state index contributed by atoms with van der Waals surface area (Å²) in [6, 6.07) is 5.54. The number of Topliss-reactive ketones (excluding diaryl/α,β-unsaturated/α-hetero) is 1. The van der Waals surface area contributed by atoms with Crippen molar-refractivity contribution in [2.24, 2.45) is 0 Å². The van der Waals surface area contributed by atoms with Gasteiger partial charge in [0.15, 0.2) is 11.5 Å². The van der Waals surface area contributed by atoms with Gasteiger partial charge in [-0.2, -0.15) is 0 Å². The Morgan fingerprint density at radius 3 is 2.89 bits per heavy atom. The lowest BCUT2D eigenvalue weighted by Crippen LogP contribution is -2.08. The van der Waals surface area contributed by atoms with Gasteiger partial charge in [0.25, 0.3) is 0 Å². The summed E-state index contributed by atoms with van der Waals surface area (Å²) in [5.41, 5.74) is 0.923. The van der Waals surface area contributed by atoms with E-state index in [-0.39, 0.29) is 25.6 Å². The summed E-state index contributed by atoms with van der Waals surface area (Å²) in [5.74, 6) is 0.716. The molecule has 1 aliphatic heterocycles. The molecule has 0 N–H and O–H groups in total. The van der Waals surface area contributed by atoms with Crippen molar-refractivity contribution in [2.45, 2.75) is 13.3 Å². The molecular formula is C14H14O5. The van der Waals surface area contributed by atoms with Crippen molar-refractivity contribution in [3.63, 3.8) is 0 Å². The van der Waals surface area contributed by atoms with Gasteiger partial charge in [0.2, 0.25) is 6.79 Å². The number of hydrogen-bond acceptors (Lipinski definition) is 5. The van der Waals surface area contributed by atoms with Crippen LogP contribution in [0.1, 0.15) is 18.9 Å². The van der Waals surface area contributed by atoms with Gasteiger partial charge in [-0.1, -0.05) is 12.1 Å². The van der Waals surface area contributed by atoms with Crippen LogP contribution in [0.2, 0.25) is 0 Å². The predicted molar refractivity (Wildman–Crippen MR) is 67.9 cm³/mol. The van der Waals surface area contributed by atoms with E-state index in [0.717, 1.165) is 11.3 Å². The van der Waals surface area contributed by atoms with Crippen molar-refractivity contribution < 1.29 is 23.8 Å². The van der Waals surface area contributed by atoms with E-state index in [9.17, 15) is 9.59 Å². The number of esters is 1. The number of ketones is 1. The molecule has 0 saturated heterocycles. The van der Waals surface area contributed by atoms with Crippen LogP contribution in [0.25, 0.3) is 6.08 Å². The van der Waals surface area contributed by atoms with Crippen molar-refractivity contribution in [1.82, 2.24) is 0 Å². The summed E-state index contributed by atoms with van der Waals surface area (Å²) in [5, 5.41) is 0. The highest BCUT2D eigenvalue weighted by atomic mass is 16.7. The molecule has 5 heteroatoms. The van der Waals surface area contributed by atoms with E-state index in [2.05, 4.69) is 0 Å². The number of fused-ring (bicyclic) bond motifs is 1. The number of benzene rings is 1. The van der Waals surface area contributed by atoms with Crippen LogP contribution in [0.5, 0.6) is 11.5 Å². The Hall–Kier alpha value is -2.30. The zero-order chi connectivity index (χ0) is 13.7. The van der Waals surface area contributed by atoms with E-state index in [1.807, 2.05) is 24.3 Å². The Bertz CT molecular complexity index is 519. The Labute approximate surface area is 110 Å². The van der Waals surface area contributed by atoms with E-state index >= 15 is 0 Å². The third kappa shape index (κ3) is 3.84. The molecule has 1 heterocycles. The lowest BCUT2D eigenvalue weighted by Gasteiger charge is -2.00. The monoisotopic (exact) mass is 262 g/mol. The maximum Gasteiger partial charge on any atom is 0.313 e. The molecule has 1 aromatic carbocycles. The number of ether oxygens (including phenoxy) is 3. The summed E-state index contributed by atoms with van der Waals surface area (Å²) in [7, 11) is 0. The first kappa shape index (κ1) is 13.1. The Balaban J connectivity index is 1.82. The lowest BCUT2D eigenvalue weighted by atomic mass is 10.2. The predicted octanol–water partition coefficient (Wildman–Crippen LogP) is 1.95. The molecular weight excluding hydrogens is 248 g/mol. The third-order valence-corrected chi connectivity index (χ3v) is 2.44. The largest absolute Gasteiger partial charge is 0.461 e. The van der Waals surface area contributed by atoms with Crippen molar-refractivity contribution in [2.75, 3.05) is 13.4 Å². The van der Waals surface area contributed by atoms with Gasteiger partial charge >= 0.3 is 5.97 Å². The third-order valence-electron chi connectivity index (χ3n) is 2.44. The van der Waals surface area contributed by atoms with Crippen molar-refractivity contribution in [3.8, 4) is 11.5 Å². The van der Waals surface area contributed by atoms with Gasteiger partial charge < -0.3 is 14.2 Å². The zero-order valence-corrected chi connectivity index (χ0v) is 10.5. The number of carbonyl (C=O) groups excluding carboxylic acids is 2. The molecule has 2 rings (SSSR count). The molecule has 100 valence electrons. The SMILES string of the molecule is CC(=O)CC(=O)OCC=Cc1ccc2c(c1)OCO2. The topological polar surface area (TPSA) is 61.8 Å². The van der Waals surface area contributed by atoms with Crippen LogP contribution < -0.4 is 9.47 Å². The Morgan fingerprint density at radius 2 is 2.11 bits per heavy atom. The molecule has 0 aliphatic carbocycles. The van der Waals surface area contributed by atoms with E-state index in [4.69, 9.17) is 14.2 Å². The molecule has 0 aromatic heterocycles. The maximum atomic E-state index is 11.1. The summed E-state index contributed by atoms with van der Waals surface area (Å²) in [6.45, 7) is 1.73. The minimum absolute atomic E-state index is 0.139. The molecule has 0 bridgehead atoms. The minimum Gasteiger partial charge on any atom is -0.461 e. The summed E-state index contributed by atoms with van der Waals surface area (Å²) >= 11 is 0. The van der Waals surface area contributed by atoms with Crippen LogP contribution in [0, 0.1) is 0 Å². The molecule has 0 unspecified atom stereocenters. The molecule has 0 amide bonds. The molecule has 0 saturated carbocycles. The standard InChI is InChI=1S/C14H14O5/c1-10(15)7-14(16)17-6-2-3-11-4-5-12-13(8-11)19-9-18-12/h2-5,8H,6-7,9H2,1H3. The fraction of sp³-hybridized carbons (Fsp3) is 0.286. The smallest absolute Gasteiger partial charge is 0.313 e. The first-order valence-electron chi connectivity index (χ1n) is 5.86. The van der Waals surface area contributed by atoms with Crippen LogP contribution in [0.4, 0.5) is 0 Å². The number of rotatable bonds is 5. The molecule has 0 atom stereocenters. The highest BCUT2D eigenvalue weighted by molar-refractivity contribution is 5.94. The normalized spacial score (nSPS) is 12.7. The average molecular weight is 262 g/mol. The van der Waals surface area contributed by atoms with Crippen LogP contribution in [0.3, 0.4) is 0 Å². The van der Waals surface area contributed by atoms with Gasteiger partial charge in [-0.3, -0.25) is 9.59 Å². The van der Waals surface area contributed by atoms with Crippen molar-refractivity contribution >= 4 is 17.8 Å². The van der Waals surface area contributed by atoms with Crippen molar-refractivity contribution in [1.29, 1.82) is 0 Å². The molecule has 1 aromatic rings. The number of hydrogen-bond donors (Lipinski definition) is 0. The molecule has 0 fully saturated rings. The van der Waals surface area contributed by atoms with Gasteiger partial charge in [0.05, 0.1) is 0 Å². The molecule has 0 spiro atoms. The van der Waals surface area contributed by atoms with Gasteiger partial charge in [-0.05, 0) is 30.7 Å². The Kier molecular flexibility index (Phi) is 4.18. The maximum absolute atomic E-state index is 11.1. The van der Waals surface area contributed by atoms with Gasteiger partial charge in [-0.25, -0.2) is 0 Å². The second kappa shape index (κ2) is 6.04. The van der Waals surface area contributed by atoms with Crippen LogP contribution in [0.15, 0.2) is 24.3 Å². The lowest BCUT2D eigenvalue weighted by molar-refractivity contribution is -0.144. The fourth-order valence-corrected chi connectivity index (χ4v) is 1.60. The van der Waals surface area contributed by atoms with Gasteiger partial charge in [0.1, 0.15) is 18.8 Å². The van der Waals surface area contributed by atoms with Gasteiger partial charge in [-0.15, -0.1) is 0 Å². The molecule has 0 radical (unpaired) electrons. The zero-order valence-electron chi connectivity index (χ0n) is 10.5. The first-order chi connectivity index (χ1) is 9.15. The van der Waals surface area contributed by atoms with Crippen LogP contribution in [-0.4, -0.2) is 25.2 Å². The summed E-state index contributed by atoms with van der Waals surface area (Å²) < 4.78 is 15.3. The van der Waals surface area contributed by atoms with E-state index in [1.165, 1.54) is 6.92 Å². The second-order valence-electron chi connectivity index (χ2n) is 4.08. The first-order valence-corrected chi connectivity index (χ1v) is 5.86. The summed E-state index contributed by atoms with van der Waals surface area (Å²) in [4.78, 5) is 21.8.